The minimum absolute atomic E-state index is 0.0866. The van der Waals surface area contributed by atoms with Crippen LogP contribution in [-0.2, 0) is 4.79 Å². The van der Waals surface area contributed by atoms with Gasteiger partial charge in [-0.2, -0.15) is 0 Å². The van der Waals surface area contributed by atoms with Crippen LogP contribution in [0.1, 0.15) is 59.3 Å². The summed E-state index contributed by atoms with van der Waals surface area (Å²) in [5.41, 5.74) is -0.456. The first-order chi connectivity index (χ1) is 7.54. The lowest BCUT2D eigenvalue weighted by Gasteiger charge is -2.22. The van der Waals surface area contributed by atoms with Crippen molar-refractivity contribution in [2.75, 3.05) is 13.6 Å². The summed E-state index contributed by atoms with van der Waals surface area (Å²) >= 11 is 0. The van der Waals surface area contributed by atoms with Crippen molar-refractivity contribution in [3.63, 3.8) is 0 Å². The van der Waals surface area contributed by atoms with Crippen LogP contribution >= 0.6 is 0 Å². The molecule has 0 bridgehead atoms. The summed E-state index contributed by atoms with van der Waals surface area (Å²) in [6, 6.07) is 0. The molecule has 3 heteroatoms. The van der Waals surface area contributed by atoms with E-state index in [1.807, 2.05) is 20.9 Å². The molecule has 0 saturated heterocycles. The third-order valence-electron chi connectivity index (χ3n) is 3.01. The monoisotopic (exact) mass is 228 g/mol. The van der Waals surface area contributed by atoms with E-state index >= 15 is 0 Å². The maximum absolute atomic E-state index is 11.7. The fraction of sp³-hybridized carbons (Fsp3) is 0.923. The van der Waals surface area contributed by atoms with Crippen LogP contribution < -0.4 is 10.6 Å². The Hall–Kier alpha value is -0.570. The van der Waals surface area contributed by atoms with E-state index in [0.717, 1.165) is 13.0 Å². The van der Waals surface area contributed by atoms with Gasteiger partial charge in [0.25, 0.3) is 0 Å². The largest absolute Gasteiger partial charge is 0.355 e. The molecule has 0 aromatic heterocycles. The minimum atomic E-state index is -0.456. The van der Waals surface area contributed by atoms with E-state index in [-0.39, 0.29) is 5.91 Å². The van der Waals surface area contributed by atoms with Gasteiger partial charge in [0, 0.05) is 6.54 Å². The Labute approximate surface area is 100 Å². The highest BCUT2D eigenvalue weighted by atomic mass is 16.2. The lowest BCUT2D eigenvalue weighted by atomic mass is 10.1. The van der Waals surface area contributed by atoms with E-state index in [0.29, 0.717) is 0 Å². The quantitative estimate of drug-likeness (QED) is 0.595. The first kappa shape index (κ1) is 15.4. The molecule has 0 aliphatic heterocycles. The molecule has 0 aromatic rings. The number of unbranched alkanes of at least 4 members (excludes halogenated alkanes) is 5. The minimum Gasteiger partial charge on any atom is -0.355 e. The molecule has 1 amide bonds. The van der Waals surface area contributed by atoms with Crippen molar-refractivity contribution in [3.8, 4) is 0 Å². The SMILES string of the molecule is CCCCCCCCNC(=O)C(C)(C)NC. The van der Waals surface area contributed by atoms with Crippen molar-refractivity contribution in [2.45, 2.75) is 64.8 Å². The molecule has 0 atom stereocenters. The highest BCUT2D eigenvalue weighted by molar-refractivity contribution is 5.85. The number of likely N-dealkylation sites (N-methyl/N-ethyl adjacent to an activating group) is 1. The summed E-state index contributed by atoms with van der Waals surface area (Å²) in [5.74, 6) is 0.0866. The fourth-order valence-corrected chi connectivity index (χ4v) is 1.44. The number of rotatable bonds is 9. The number of carbonyl (C=O) groups is 1. The van der Waals surface area contributed by atoms with Crippen molar-refractivity contribution in [1.29, 1.82) is 0 Å². The molecule has 0 saturated carbocycles. The van der Waals surface area contributed by atoms with Gasteiger partial charge in [0.05, 0.1) is 5.54 Å². The Bertz CT molecular complexity index is 190. The van der Waals surface area contributed by atoms with Gasteiger partial charge >= 0.3 is 0 Å². The average molecular weight is 228 g/mol. The zero-order valence-corrected chi connectivity index (χ0v) is 11.4. The third kappa shape index (κ3) is 6.83. The highest BCUT2D eigenvalue weighted by Crippen LogP contribution is 2.05. The van der Waals surface area contributed by atoms with E-state index < -0.39 is 5.54 Å². The summed E-state index contributed by atoms with van der Waals surface area (Å²) < 4.78 is 0. The number of amides is 1. The van der Waals surface area contributed by atoms with E-state index in [4.69, 9.17) is 0 Å². The summed E-state index contributed by atoms with van der Waals surface area (Å²) in [5, 5.41) is 5.96. The van der Waals surface area contributed by atoms with Crippen LogP contribution in [0.2, 0.25) is 0 Å². The molecule has 0 radical (unpaired) electrons. The Morgan fingerprint density at radius 2 is 1.62 bits per heavy atom. The number of hydrogen-bond acceptors (Lipinski definition) is 2. The van der Waals surface area contributed by atoms with Crippen LogP contribution in [0.25, 0.3) is 0 Å². The first-order valence-electron chi connectivity index (χ1n) is 6.51. The Kier molecular flexibility index (Phi) is 8.26. The Morgan fingerprint density at radius 1 is 1.06 bits per heavy atom. The molecule has 0 rings (SSSR count). The van der Waals surface area contributed by atoms with Crippen LogP contribution in [0.5, 0.6) is 0 Å². The van der Waals surface area contributed by atoms with E-state index in [2.05, 4.69) is 17.6 Å². The van der Waals surface area contributed by atoms with Crippen molar-refractivity contribution >= 4 is 5.91 Å². The average Bonchev–Trinajstić information content (AvgIpc) is 2.27. The standard InChI is InChI=1S/C13H28N2O/c1-5-6-7-8-9-10-11-15-12(16)13(2,3)14-4/h14H,5-11H2,1-4H3,(H,15,16). The van der Waals surface area contributed by atoms with Gasteiger partial charge in [0.15, 0.2) is 0 Å². The molecule has 0 aliphatic rings. The smallest absolute Gasteiger partial charge is 0.239 e. The van der Waals surface area contributed by atoms with Gasteiger partial charge in [-0.15, -0.1) is 0 Å². The van der Waals surface area contributed by atoms with E-state index in [1.165, 1.54) is 32.1 Å². The number of carbonyl (C=O) groups excluding carboxylic acids is 1. The molecule has 0 fully saturated rings. The lowest BCUT2D eigenvalue weighted by molar-refractivity contribution is -0.126. The summed E-state index contributed by atoms with van der Waals surface area (Å²) in [4.78, 5) is 11.7. The third-order valence-corrected chi connectivity index (χ3v) is 3.01. The van der Waals surface area contributed by atoms with Gasteiger partial charge in [-0.25, -0.2) is 0 Å². The van der Waals surface area contributed by atoms with Gasteiger partial charge in [-0.3, -0.25) is 4.79 Å². The maximum Gasteiger partial charge on any atom is 0.239 e. The first-order valence-corrected chi connectivity index (χ1v) is 6.51. The second-order valence-electron chi connectivity index (χ2n) is 4.90. The van der Waals surface area contributed by atoms with Gasteiger partial charge in [-0.05, 0) is 27.3 Å². The summed E-state index contributed by atoms with van der Waals surface area (Å²) in [7, 11) is 1.81. The van der Waals surface area contributed by atoms with Gasteiger partial charge in [-0.1, -0.05) is 39.0 Å². The molecule has 0 unspecified atom stereocenters. The van der Waals surface area contributed by atoms with Crippen molar-refractivity contribution in [2.24, 2.45) is 0 Å². The molecule has 0 aliphatic carbocycles. The Morgan fingerprint density at radius 3 is 2.19 bits per heavy atom. The number of nitrogens with one attached hydrogen (secondary N) is 2. The van der Waals surface area contributed by atoms with Crippen LogP contribution in [0.4, 0.5) is 0 Å². The topological polar surface area (TPSA) is 41.1 Å². The van der Waals surface area contributed by atoms with Gasteiger partial charge < -0.3 is 10.6 Å². The highest BCUT2D eigenvalue weighted by Gasteiger charge is 2.24. The van der Waals surface area contributed by atoms with Crippen LogP contribution in [0.15, 0.2) is 0 Å². The molecule has 3 nitrogen and oxygen atoms in total. The van der Waals surface area contributed by atoms with Gasteiger partial charge in [0.2, 0.25) is 5.91 Å². The lowest BCUT2D eigenvalue weighted by Crippen LogP contribution is -2.51. The van der Waals surface area contributed by atoms with E-state index in [9.17, 15) is 4.79 Å². The second kappa shape index (κ2) is 8.57. The normalized spacial score (nSPS) is 11.5. The van der Waals surface area contributed by atoms with Crippen LogP contribution in [0, 0.1) is 0 Å². The molecule has 96 valence electrons. The molecule has 2 N–H and O–H groups in total. The van der Waals surface area contributed by atoms with E-state index in [1.54, 1.807) is 0 Å². The molecule has 0 heterocycles. The molecule has 0 aromatic carbocycles. The molecule has 0 spiro atoms. The predicted molar refractivity (Wildman–Crippen MR) is 69.5 cm³/mol. The second-order valence-corrected chi connectivity index (χ2v) is 4.90. The zero-order chi connectivity index (χ0) is 12.4. The van der Waals surface area contributed by atoms with Crippen molar-refractivity contribution in [1.82, 2.24) is 10.6 Å². The maximum atomic E-state index is 11.7. The fourth-order valence-electron chi connectivity index (χ4n) is 1.44. The molecular formula is C13H28N2O. The van der Waals surface area contributed by atoms with Gasteiger partial charge in [0.1, 0.15) is 0 Å². The molecule has 16 heavy (non-hydrogen) atoms. The summed E-state index contributed by atoms with van der Waals surface area (Å²) in [6.45, 7) is 6.81. The van der Waals surface area contributed by atoms with Crippen molar-refractivity contribution in [3.05, 3.63) is 0 Å². The van der Waals surface area contributed by atoms with Crippen LogP contribution in [-0.4, -0.2) is 25.0 Å². The molecular weight excluding hydrogens is 200 g/mol. The zero-order valence-electron chi connectivity index (χ0n) is 11.4. The predicted octanol–water partition coefficient (Wildman–Crippen LogP) is 2.46. The number of hydrogen-bond donors (Lipinski definition) is 2. The Balaban J connectivity index is 3.42. The van der Waals surface area contributed by atoms with Crippen molar-refractivity contribution < 1.29 is 4.79 Å². The van der Waals surface area contributed by atoms with Crippen LogP contribution in [0.3, 0.4) is 0 Å². The summed E-state index contributed by atoms with van der Waals surface area (Å²) in [6.07, 6.45) is 7.55.